The average Bonchev–Trinajstić information content (AvgIpc) is 2.09. The maximum Gasteiger partial charge on any atom is 0.155 e. The molecule has 72 valence electrons. The summed E-state index contributed by atoms with van der Waals surface area (Å²) in [5.41, 5.74) is 1.03. The number of thioether (sulfide) groups is 1. The van der Waals surface area contributed by atoms with Crippen molar-refractivity contribution in [1.29, 1.82) is 0 Å². The lowest BCUT2D eigenvalue weighted by Crippen LogP contribution is -2.42. The highest BCUT2D eigenvalue weighted by atomic mass is 32.2. The van der Waals surface area contributed by atoms with Crippen LogP contribution in [0.25, 0.3) is 0 Å². The Hall–Kier alpha value is -0.280. The first-order valence-corrected chi connectivity index (χ1v) is 5.78. The van der Waals surface area contributed by atoms with E-state index in [4.69, 9.17) is 0 Å². The van der Waals surface area contributed by atoms with Gasteiger partial charge in [-0.1, -0.05) is 6.92 Å². The highest BCUT2D eigenvalue weighted by Crippen LogP contribution is 2.45. The van der Waals surface area contributed by atoms with Crippen LogP contribution in [0.15, 0.2) is 11.6 Å². The van der Waals surface area contributed by atoms with Gasteiger partial charge in [-0.2, -0.15) is 11.8 Å². The number of carbonyl (C=O) groups is 1. The minimum atomic E-state index is -0.273. The number of fused-ring (bicyclic) bond motifs is 1. The van der Waals surface area contributed by atoms with Gasteiger partial charge in [-0.15, -0.1) is 0 Å². The van der Waals surface area contributed by atoms with Crippen molar-refractivity contribution in [3.05, 3.63) is 11.6 Å². The van der Waals surface area contributed by atoms with Gasteiger partial charge in [0.05, 0.1) is 6.10 Å². The van der Waals surface area contributed by atoms with E-state index < -0.39 is 0 Å². The fraction of sp³-hybridized carbons (Fsp3) is 0.700. The van der Waals surface area contributed by atoms with Crippen molar-refractivity contribution in [3.63, 3.8) is 0 Å². The van der Waals surface area contributed by atoms with Crippen molar-refractivity contribution in [3.8, 4) is 0 Å². The highest BCUT2D eigenvalue weighted by molar-refractivity contribution is 7.99. The molecule has 3 heteroatoms. The summed E-state index contributed by atoms with van der Waals surface area (Å²) >= 11 is 1.72. The van der Waals surface area contributed by atoms with Crippen LogP contribution in [-0.4, -0.2) is 28.5 Å². The normalized spacial score (nSPS) is 39.7. The zero-order chi connectivity index (χ0) is 9.47. The monoisotopic (exact) mass is 198 g/mol. The van der Waals surface area contributed by atoms with Gasteiger partial charge in [0, 0.05) is 23.3 Å². The molecule has 1 fully saturated rings. The Kier molecular flexibility index (Phi) is 2.24. The van der Waals surface area contributed by atoms with Crippen molar-refractivity contribution in [2.45, 2.75) is 25.9 Å². The van der Waals surface area contributed by atoms with Crippen molar-refractivity contribution >= 4 is 17.5 Å². The zero-order valence-corrected chi connectivity index (χ0v) is 8.56. The molecule has 2 unspecified atom stereocenters. The van der Waals surface area contributed by atoms with Gasteiger partial charge in [0.2, 0.25) is 0 Å². The lowest BCUT2D eigenvalue weighted by Gasteiger charge is -2.42. The van der Waals surface area contributed by atoms with Gasteiger partial charge >= 0.3 is 0 Å². The molecule has 1 aliphatic heterocycles. The van der Waals surface area contributed by atoms with Crippen LogP contribution in [0.5, 0.6) is 0 Å². The van der Waals surface area contributed by atoms with Gasteiger partial charge in [-0.25, -0.2) is 0 Å². The fourth-order valence-corrected chi connectivity index (χ4v) is 3.37. The Bertz CT molecular complexity index is 272. The molecule has 1 N–H and O–H groups in total. The van der Waals surface area contributed by atoms with Crippen LogP contribution in [0.1, 0.15) is 19.8 Å². The quantitative estimate of drug-likeness (QED) is 0.639. The van der Waals surface area contributed by atoms with Crippen LogP contribution in [0.2, 0.25) is 0 Å². The minimum absolute atomic E-state index is 0.112. The molecule has 0 aromatic rings. The summed E-state index contributed by atoms with van der Waals surface area (Å²) in [5, 5.41) is 9.88. The van der Waals surface area contributed by atoms with E-state index in [2.05, 4.69) is 6.92 Å². The van der Waals surface area contributed by atoms with E-state index in [1.54, 1.807) is 17.8 Å². The Morgan fingerprint density at radius 2 is 2.46 bits per heavy atom. The Balaban J connectivity index is 2.34. The van der Waals surface area contributed by atoms with E-state index >= 15 is 0 Å². The first kappa shape index (κ1) is 9.28. The first-order chi connectivity index (χ1) is 6.13. The molecule has 0 radical (unpaired) electrons. The third-order valence-electron chi connectivity index (χ3n) is 3.23. The molecule has 0 bridgehead atoms. The molecule has 1 heterocycles. The molecule has 0 aromatic carbocycles. The molecular weight excluding hydrogens is 184 g/mol. The number of hydrogen-bond donors (Lipinski definition) is 1. The Morgan fingerprint density at radius 3 is 3.23 bits per heavy atom. The number of hydrogen-bond acceptors (Lipinski definition) is 3. The summed E-state index contributed by atoms with van der Waals surface area (Å²) in [4.78, 5) is 11.2. The number of aliphatic hydroxyl groups excluding tert-OH is 1. The molecule has 0 saturated carbocycles. The molecule has 2 rings (SSSR count). The van der Waals surface area contributed by atoms with Crippen LogP contribution < -0.4 is 0 Å². The number of carbonyl (C=O) groups excluding carboxylic acids is 1. The minimum Gasteiger partial charge on any atom is -0.391 e. The van der Waals surface area contributed by atoms with E-state index in [1.165, 1.54) is 0 Å². The van der Waals surface area contributed by atoms with Crippen LogP contribution in [-0.2, 0) is 4.79 Å². The van der Waals surface area contributed by atoms with Gasteiger partial charge < -0.3 is 5.11 Å². The lowest BCUT2D eigenvalue weighted by molar-refractivity contribution is -0.116. The summed E-state index contributed by atoms with van der Waals surface area (Å²) in [6.45, 7) is 2.08. The van der Waals surface area contributed by atoms with Gasteiger partial charge in [0.15, 0.2) is 5.78 Å². The third-order valence-corrected chi connectivity index (χ3v) is 4.29. The largest absolute Gasteiger partial charge is 0.391 e. The highest BCUT2D eigenvalue weighted by Gasteiger charge is 2.41. The molecule has 0 amide bonds. The van der Waals surface area contributed by atoms with E-state index in [0.717, 1.165) is 23.5 Å². The van der Waals surface area contributed by atoms with Crippen molar-refractivity contribution in [2.75, 3.05) is 11.5 Å². The maximum absolute atomic E-state index is 11.2. The molecule has 1 saturated heterocycles. The molecule has 1 aliphatic carbocycles. The molecule has 0 spiro atoms. The lowest BCUT2D eigenvalue weighted by atomic mass is 9.70. The van der Waals surface area contributed by atoms with Crippen LogP contribution >= 0.6 is 11.8 Å². The van der Waals surface area contributed by atoms with Crippen molar-refractivity contribution in [2.24, 2.45) is 5.41 Å². The fourth-order valence-electron chi connectivity index (χ4n) is 2.03. The number of aliphatic hydroxyl groups is 1. The van der Waals surface area contributed by atoms with Gasteiger partial charge in [0.25, 0.3) is 0 Å². The topological polar surface area (TPSA) is 37.3 Å². The third kappa shape index (κ3) is 1.44. The van der Waals surface area contributed by atoms with Gasteiger partial charge in [0.1, 0.15) is 0 Å². The number of allylic oxidation sites excluding steroid dienone is 1. The number of ketones is 1. The summed E-state index contributed by atoms with van der Waals surface area (Å²) in [6.07, 6.45) is 2.89. The maximum atomic E-state index is 11.2. The summed E-state index contributed by atoms with van der Waals surface area (Å²) in [7, 11) is 0. The van der Waals surface area contributed by atoms with E-state index in [0.29, 0.717) is 6.42 Å². The second kappa shape index (κ2) is 3.14. The SMILES string of the molecule is CC12CCC(=O)C=C1CSCC2O. The Morgan fingerprint density at radius 1 is 1.69 bits per heavy atom. The first-order valence-electron chi connectivity index (χ1n) is 4.62. The molecule has 2 atom stereocenters. The average molecular weight is 198 g/mol. The second-order valence-electron chi connectivity index (χ2n) is 4.08. The van der Waals surface area contributed by atoms with Crippen molar-refractivity contribution in [1.82, 2.24) is 0 Å². The summed E-state index contributed by atoms with van der Waals surface area (Å²) in [6, 6.07) is 0. The van der Waals surface area contributed by atoms with E-state index in [-0.39, 0.29) is 17.3 Å². The molecule has 13 heavy (non-hydrogen) atoms. The number of rotatable bonds is 0. The predicted octanol–water partition coefficient (Wildman–Crippen LogP) is 1.39. The van der Waals surface area contributed by atoms with E-state index in [9.17, 15) is 9.90 Å². The van der Waals surface area contributed by atoms with Crippen LogP contribution in [0.3, 0.4) is 0 Å². The zero-order valence-electron chi connectivity index (χ0n) is 7.75. The van der Waals surface area contributed by atoms with Crippen LogP contribution in [0.4, 0.5) is 0 Å². The molecule has 2 nitrogen and oxygen atoms in total. The van der Waals surface area contributed by atoms with Crippen LogP contribution in [0, 0.1) is 5.41 Å². The predicted molar refractivity (Wildman–Crippen MR) is 53.8 cm³/mol. The molecule has 2 aliphatic rings. The van der Waals surface area contributed by atoms with Gasteiger partial charge in [-0.05, 0) is 18.1 Å². The second-order valence-corrected chi connectivity index (χ2v) is 5.11. The standard InChI is InChI=1S/C10H14O2S/c1-10-3-2-8(11)4-7(10)5-13-6-9(10)12/h4,9,12H,2-3,5-6H2,1H3. The molecular formula is C10H14O2S. The van der Waals surface area contributed by atoms with E-state index in [1.807, 2.05) is 0 Å². The Labute approximate surface area is 82.4 Å². The summed E-state index contributed by atoms with van der Waals surface area (Å²) in [5.74, 6) is 1.95. The molecule has 0 aromatic heterocycles. The van der Waals surface area contributed by atoms with Crippen molar-refractivity contribution < 1.29 is 9.90 Å². The van der Waals surface area contributed by atoms with Gasteiger partial charge in [-0.3, -0.25) is 4.79 Å². The smallest absolute Gasteiger partial charge is 0.155 e. The summed E-state index contributed by atoms with van der Waals surface area (Å²) < 4.78 is 0.